The van der Waals surface area contributed by atoms with E-state index >= 15 is 0 Å². The van der Waals surface area contributed by atoms with E-state index < -0.39 is 5.54 Å². The van der Waals surface area contributed by atoms with Crippen LogP contribution >= 0.6 is 0 Å². The maximum absolute atomic E-state index is 11.7. The average molecular weight is 297 g/mol. The quantitative estimate of drug-likeness (QED) is 0.629. The zero-order chi connectivity index (χ0) is 15.5. The third-order valence-corrected chi connectivity index (χ3v) is 4.98. The Morgan fingerprint density at radius 2 is 2.10 bits per heavy atom. The lowest BCUT2D eigenvalue weighted by Crippen LogP contribution is -2.54. The summed E-state index contributed by atoms with van der Waals surface area (Å²) in [6, 6.07) is 1.04. The van der Waals surface area contributed by atoms with Gasteiger partial charge in [0.25, 0.3) is 0 Å². The minimum atomic E-state index is -0.538. The Kier molecular flexibility index (Phi) is 5.63. The van der Waals surface area contributed by atoms with Crippen LogP contribution < -0.4 is 11.1 Å². The van der Waals surface area contributed by atoms with Gasteiger partial charge in [0.1, 0.15) is 0 Å². The summed E-state index contributed by atoms with van der Waals surface area (Å²) >= 11 is 0. The third kappa shape index (κ3) is 4.66. The first-order chi connectivity index (χ1) is 9.92. The van der Waals surface area contributed by atoms with E-state index in [0.29, 0.717) is 18.2 Å². The number of nitrogens with two attached hydrogens (primary N) is 1. The predicted molar refractivity (Wildman–Crippen MR) is 84.1 cm³/mol. The molecule has 5 nitrogen and oxygen atoms in total. The van der Waals surface area contributed by atoms with Crippen LogP contribution in [-0.4, -0.2) is 54.7 Å². The molecule has 0 bridgehead atoms. The summed E-state index contributed by atoms with van der Waals surface area (Å²) in [5.41, 5.74) is 5.04. The van der Waals surface area contributed by atoms with Gasteiger partial charge in [-0.1, -0.05) is 0 Å². The summed E-state index contributed by atoms with van der Waals surface area (Å²) < 4.78 is 5.62. The average Bonchev–Trinajstić information content (AvgIpc) is 3.12. The normalized spacial score (nSPS) is 28.8. The van der Waals surface area contributed by atoms with Crippen LogP contribution in [0, 0.1) is 0 Å². The molecule has 1 saturated carbocycles. The van der Waals surface area contributed by atoms with Crippen molar-refractivity contribution in [2.75, 3.05) is 20.2 Å². The van der Waals surface area contributed by atoms with Crippen molar-refractivity contribution in [2.24, 2.45) is 5.73 Å². The lowest BCUT2D eigenvalue weighted by molar-refractivity contribution is -0.124. The summed E-state index contributed by atoms with van der Waals surface area (Å²) in [6.07, 6.45) is 6.74. The Morgan fingerprint density at radius 3 is 2.62 bits per heavy atom. The molecule has 3 atom stereocenters. The van der Waals surface area contributed by atoms with Crippen molar-refractivity contribution < 1.29 is 9.53 Å². The predicted octanol–water partition coefficient (Wildman–Crippen LogP) is 1.26. The van der Waals surface area contributed by atoms with Crippen molar-refractivity contribution in [1.29, 1.82) is 0 Å². The highest BCUT2D eigenvalue weighted by molar-refractivity contribution is 5.84. The van der Waals surface area contributed by atoms with E-state index in [9.17, 15) is 4.79 Å². The molecule has 1 heterocycles. The van der Waals surface area contributed by atoms with Gasteiger partial charge in [-0.2, -0.15) is 0 Å². The number of primary amides is 1. The number of nitrogens with one attached hydrogen (secondary N) is 1. The van der Waals surface area contributed by atoms with E-state index in [4.69, 9.17) is 10.5 Å². The van der Waals surface area contributed by atoms with Gasteiger partial charge in [0.2, 0.25) is 5.91 Å². The molecule has 3 unspecified atom stereocenters. The number of hydrogen-bond donors (Lipinski definition) is 2. The number of nitrogens with zero attached hydrogens (tertiary/aromatic N) is 1. The van der Waals surface area contributed by atoms with Crippen molar-refractivity contribution in [3.63, 3.8) is 0 Å². The lowest BCUT2D eigenvalue weighted by Gasteiger charge is -2.29. The molecule has 0 aromatic rings. The monoisotopic (exact) mass is 297 g/mol. The molecule has 2 rings (SSSR count). The highest BCUT2D eigenvalue weighted by atomic mass is 16.5. The zero-order valence-electron chi connectivity index (χ0n) is 13.7. The summed E-state index contributed by atoms with van der Waals surface area (Å²) in [4.78, 5) is 14.1. The minimum absolute atomic E-state index is 0.222. The van der Waals surface area contributed by atoms with Gasteiger partial charge in [-0.05, 0) is 66.0 Å². The maximum Gasteiger partial charge on any atom is 0.237 e. The van der Waals surface area contributed by atoms with Crippen LogP contribution in [0.5, 0.6) is 0 Å². The smallest absolute Gasteiger partial charge is 0.237 e. The minimum Gasteiger partial charge on any atom is -0.377 e. The molecule has 2 fully saturated rings. The van der Waals surface area contributed by atoms with Crippen molar-refractivity contribution >= 4 is 5.91 Å². The molecule has 0 aromatic carbocycles. The van der Waals surface area contributed by atoms with Gasteiger partial charge in [0, 0.05) is 18.7 Å². The molecule has 3 N–H and O–H groups in total. The molecule has 1 saturated heterocycles. The Balaban J connectivity index is 1.68. The third-order valence-electron chi connectivity index (χ3n) is 4.98. The van der Waals surface area contributed by atoms with Crippen molar-refractivity contribution in [2.45, 2.75) is 76.1 Å². The first-order valence-electron chi connectivity index (χ1n) is 8.32. The molecule has 1 aliphatic heterocycles. The number of rotatable bonds is 9. The summed E-state index contributed by atoms with van der Waals surface area (Å²) in [5, 5.41) is 3.41. The fourth-order valence-electron chi connectivity index (χ4n) is 3.25. The van der Waals surface area contributed by atoms with Crippen LogP contribution in [0.15, 0.2) is 0 Å². The van der Waals surface area contributed by atoms with Crippen molar-refractivity contribution in [3.05, 3.63) is 0 Å². The zero-order valence-corrected chi connectivity index (χ0v) is 13.7. The number of hydrogen-bond acceptors (Lipinski definition) is 4. The van der Waals surface area contributed by atoms with Crippen LogP contribution in [0.25, 0.3) is 0 Å². The van der Waals surface area contributed by atoms with Crippen LogP contribution in [0.3, 0.4) is 0 Å². The highest BCUT2D eigenvalue weighted by Crippen LogP contribution is 2.25. The number of likely N-dealkylation sites (N-methyl/N-ethyl adjacent to an activating group) is 1. The fraction of sp³-hybridized carbons (Fsp3) is 0.938. The lowest BCUT2D eigenvalue weighted by atomic mass is 9.93. The second kappa shape index (κ2) is 7.07. The number of carbonyl (C=O) groups is 1. The van der Waals surface area contributed by atoms with E-state index in [-0.39, 0.29) is 5.91 Å². The second-order valence-electron chi connectivity index (χ2n) is 6.98. The van der Waals surface area contributed by atoms with E-state index in [1.807, 2.05) is 6.92 Å². The molecule has 0 radical (unpaired) electrons. The van der Waals surface area contributed by atoms with E-state index in [0.717, 1.165) is 38.8 Å². The molecular formula is C16H31N3O2. The molecule has 1 aliphatic carbocycles. The second-order valence-corrected chi connectivity index (χ2v) is 6.98. The highest BCUT2D eigenvalue weighted by Gasteiger charge is 2.36. The molecule has 122 valence electrons. The van der Waals surface area contributed by atoms with E-state index in [2.05, 4.69) is 24.2 Å². The van der Waals surface area contributed by atoms with Crippen molar-refractivity contribution in [3.8, 4) is 0 Å². The van der Waals surface area contributed by atoms with E-state index in [1.54, 1.807) is 0 Å². The molecule has 2 aliphatic rings. The maximum atomic E-state index is 11.7. The van der Waals surface area contributed by atoms with Crippen LogP contribution in [-0.2, 0) is 9.53 Å². The molecule has 1 amide bonds. The molecular weight excluding hydrogens is 266 g/mol. The Bertz CT molecular complexity index is 359. The first kappa shape index (κ1) is 16.7. The molecule has 0 aromatic heterocycles. The van der Waals surface area contributed by atoms with E-state index in [1.165, 1.54) is 12.8 Å². The number of carbonyl (C=O) groups excluding carboxylic acids is 1. The standard InChI is InChI=1S/C16H31N3O2/c1-12-14(8-11-21-12)19(3)10-5-4-9-16(2,15(17)20)18-13-6-7-13/h12-14,18H,4-11H2,1-3H3,(H2,17,20). The van der Waals surface area contributed by atoms with Crippen LogP contribution in [0.4, 0.5) is 0 Å². The van der Waals surface area contributed by atoms with Crippen LogP contribution in [0.2, 0.25) is 0 Å². The number of amides is 1. The topological polar surface area (TPSA) is 67.6 Å². The van der Waals surface area contributed by atoms with Crippen molar-refractivity contribution in [1.82, 2.24) is 10.2 Å². The Hall–Kier alpha value is -0.650. The SMILES string of the molecule is CC1OCCC1N(C)CCCCC(C)(NC1CC1)C(N)=O. The van der Waals surface area contributed by atoms with Gasteiger partial charge in [0.15, 0.2) is 0 Å². The number of ether oxygens (including phenoxy) is 1. The summed E-state index contributed by atoms with van der Waals surface area (Å²) in [7, 11) is 2.17. The summed E-state index contributed by atoms with van der Waals surface area (Å²) in [5.74, 6) is -0.222. The Morgan fingerprint density at radius 1 is 1.38 bits per heavy atom. The van der Waals surface area contributed by atoms with Gasteiger partial charge < -0.3 is 20.7 Å². The van der Waals surface area contributed by atoms with Crippen LogP contribution in [0.1, 0.15) is 52.4 Å². The van der Waals surface area contributed by atoms with Gasteiger partial charge in [-0.25, -0.2) is 0 Å². The largest absolute Gasteiger partial charge is 0.377 e. The van der Waals surface area contributed by atoms with Gasteiger partial charge in [0.05, 0.1) is 11.6 Å². The van der Waals surface area contributed by atoms with Gasteiger partial charge >= 0.3 is 0 Å². The molecule has 21 heavy (non-hydrogen) atoms. The van der Waals surface area contributed by atoms with Gasteiger partial charge in [-0.15, -0.1) is 0 Å². The van der Waals surface area contributed by atoms with Gasteiger partial charge in [-0.3, -0.25) is 4.79 Å². The fourth-order valence-corrected chi connectivity index (χ4v) is 3.25. The molecule has 0 spiro atoms. The molecule has 5 heteroatoms. The number of unbranched alkanes of at least 4 members (excludes halogenated alkanes) is 1. The first-order valence-corrected chi connectivity index (χ1v) is 8.32. The Labute approximate surface area is 128 Å². The summed E-state index contributed by atoms with van der Waals surface area (Å²) in [6.45, 7) is 6.03.